The molecule has 0 aromatic heterocycles. The molecule has 0 bridgehead atoms. The first-order chi connectivity index (χ1) is 8.86. The fourth-order valence-corrected chi connectivity index (χ4v) is 2.05. The van der Waals surface area contributed by atoms with Crippen LogP contribution in [-0.2, 0) is 10.2 Å². The van der Waals surface area contributed by atoms with E-state index in [0.717, 1.165) is 4.47 Å². The van der Waals surface area contributed by atoms with E-state index in [1.165, 1.54) is 6.07 Å². The van der Waals surface area contributed by atoms with Crippen LogP contribution in [-0.4, -0.2) is 12.5 Å². The van der Waals surface area contributed by atoms with Crippen LogP contribution in [0.5, 0.6) is 0 Å². The molecule has 1 rings (SSSR count). The third-order valence-electron chi connectivity index (χ3n) is 2.85. The molecule has 0 saturated carbocycles. The molecule has 19 heavy (non-hydrogen) atoms. The molecule has 0 aliphatic carbocycles. The van der Waals surface area contributed by atoms with Gasteiger partial charge in [0.2, 0.25) is 5.91 Å². The lowest BCUT2D eigenvalue weighted by Gasteiger charge is -2.26. The Labute approximate surface area is 120 Å². The maximum atomic E-state index is 13.8. The number of nitrogens with zero attached hydrogens (tertiary/aromatic N) is 1. The van der Waals surface area contributed by atoms with Gasteiger partial charge in [-0.3, -0.25) is 4.79 Å². The predicted molar refractivity (Wildman–Crippen MR) is 75.0 cm³/mol. The van der Waals surface area contributed by atoms with Crippen LogP contribution in [0.25, 0.3) is 0 Å². The van der Waals surface area contributed by atoms with Crippen molar-refractivity contribution >= 4 is 21.8 Å². The summed E-state index contributed by atoms with van der Waals surface area (Å²) in [6.07, 6.45) is 0.366. The Morgan fingerprint density at radius 2 is 2.21 bits per heavy atom. The summed E-state index contributed by atoms with van der Waals surface area (Å²) in [7, 11) is 0. The number of benzene rings is 1. The van der Waals surface area contributed by atoms with E-state index in [4.69, 9.17) is 5.26 Å². The van der Waals surface area contributed by atoms with E-state index in [1.54, 1.807) is 12.1 Å². The van der Waals surface area contributed by atoms with Crippen LogP contribution in [0.15, 0.2) is 22.7 Å². The van der Waals surface area contributed by atoms with Crippen LogP contribution in [0.4, 0.5) is 4.39 Å². The largest absolute Gasteiger partial charge is 0.355 e. The molecule has 0 spiro atoms. The van der Waals surface area contributed by atoms with Gasteiger partial charge in [-0.15, -0.1) is 0 Å². The second-order valence-electron chi connectivity index (χ2n) is 4.94. The van der Waals surface area contributed by atoms with Gasteiger partial charge in [0.25, 0.3) is 0 Å². The molecule has 1 N–H and O–H groups in total. The molecule has 0 unspecified atom stereocenters. The Hall–Kier alpha value is -1.41. The van der Waals surface area contributed by atoms with Gasteiger partial charge >= 0.3 is 0 Å². The topological polar surface area (TPSA) is 52.9 Å². The van der Waals surface area contributed by atoms with Gasteiger partial charge in [0.1, 0.15) is 5.82 Å². The molecule has 0 aliphatic heterocycles. The molecule has 1 aromatic rings. The van der Waals surface area contributed by atoms with Crippen molar-refractivity contribution in [2.45, 2.75) is 32.1 Å². The molecule has 1 amide bonds. The van der Waals surface area contributed by atoms with Crippen molar-refractivity contribution < 1.29 is 9.18 Å². The first kappa shape index (κ1) is 15.6. The number of hydrogen-bond acceptors (Lipinski definition) is 2. The summed E-state index contributed by atoms with van der Waals surface area (Å²) in [5.74, 6) is -0.482. The number of hydrogen-bond donors (Lipinski definition) is 1. The average molecular weight is 327 g/mol. The molecule has 5 heteroatoms. The Morgan fingerprint density at radius 1 is 1.53 bits per heavy atom. The van der Waals surface area contributed by atoms with Crippen molar-refractivity contribution in [3.05, 3.63) is 34.1 Å². The molecule has 0 fully saturated rings. The fraction of sp³-hybridized carbons (Fsp3) is 0.429. The first-order valence-electron chi connectivity index (χ1n) is 5.96. The fourth-order valence-electron chi connectivity index (χ4n) is 1.69. The van der Waals surface area contributed by atoms with E-state index in [9.17, 15) is 9.18 Å². The summed E-state index contributed by atoms with van der Waals surface area (Å²) in [5, 5.41) is 11.1. The van der Waals surface area contributed by atoms with Crippen LogP contribution < -0.4 is 5.32 Å². The van der Waals surface area contributed by atoms with Gasteiger partial charge in [-0.25, -0.2) is 4.39 Å². The Kier molecular flexibility index (Phi) is 5.49. The number of carbonyl (C=O) groups excluding carboxylic acids is 1. The Bertz CT molecular complexity index is 509. The molecular formula is C14H16BrFN2O. The minimum atomic E-state index is -0.518. The van der Waals surface area contributed by atoms with Crippen LogP contribution in [0.2, 0.25) is 0 Å². The molecule has 0 atom stereocenters. The van der Waals surface area contributed by atoms with Crippen LogP contribution >= 0.6 is 15.9 Å². The molecule has 1 aromatic carbocycles. The van der Waals surface area contributed by atoms with Gasteiger partial charge in [0.05, 0.1) is 6.07 Å². The number of rotatable bonds is 5. The smallest absolute Gasteiger partial charge is 0.221 e. The minimum absolute atomic E-state index is 0.174. The number of halogens is 2. The molecule has 3 nitrogen and oxygen atoms in total. The lowest BCUT2D eigenvalue weighted by atomic mass is 9.84. The van der Waals surface area contributed by atoms with E-state index >= 15 is 0 Å². The van der Waals surface area contributed by atoms with E-state index < -0.39 is 5.41 Å². The zero-order valence-electron chi connectivity index (χ0n) is 11.0. The molecule has 0 heterocycles. The van der Waals surface area contributed by atoms with Crippen molar-refractivity contribution in [1.82, 2.24) is 5.32 Å². The van der Waals surface area contributed by atoms with Crippen LogP contribution in [0.1, 0.15) is 32.3 Å². The number of nitrogens with one attached hydrogen (secondary N) is 1. The van der Waals surface area contributed by atoms with E-state index in [-0.39, 0.29) is 24.6 Å². The van der Waals surface area contributed by atoms with E-state index in [1.807, 2.05) is 19.9 Å². The minimum Gasteiger partial charge on any atom is -0.355 e. The van der Waals surface area contributed by atoms with E-state index in [2.05, 4.69) is 21.2 Å². The van der Waals surface area contributed by atoms with Crippen molar-refractivity contribution in [3.8, 4) is 6.07 Å². The molecule has 0 radical (unpaired) electrons. The van der Waals surface area contributed by atoms with Crippen molar-refractivity contribution in [2.75, 3.05) is 6.54 Å². The number of carbonyl (C=O) groups is 1. The monoisotopic (exact) mass is 326 g/mol. The third kappa shape index (κ3) is 4.64. The van der Waals surface area contributed by atoms with Crippen LogP contribution in [0, 0.1) is 17.1 Å². The van der Waals surface area contributed by atoms with Gasteiger partial charge < -0.3 is 5.32 Å². The van der Waals surface area contributed by atoms with Gasteiger partial charge in [0, 0.05) is 29.3 Å². The zero-order chi connectivity index (χ0) is 14.5. The Balaban J connectivity index is 2.73. The van der Waals surface area contributed by atoms with E-state index in [0.29, 0.717) is 12.1 Å². The summed E-state index contributed by atoms with van der Waals surface area (Å²) in [5.41, 5.74) is 0.0263. The second kappa shape index (κ2) is 6.67. The third-order valence-corrected chi connectivity index (χ3v) is 3.34. The standard InChI is InChI=1S/C14H16BrFN2O/c1-14(2,9-18-13(19)4-3-7-17)11-8-10(15)5-6-12(11)16/h5-6,8H,3-4,9H2,1-2H3,(H,18,19). The SMILES string of the molecule is CC(C)(CNC(=O)CCC#N)c1cc(Br)ccc1F. The highest BCUT2D eigenvalue weighted by Crippen LogP contribution is 2.27. The van der Waals surface area contributed by atoms with Gasteiger partial charge in [-0.2, -0.15) is 5.26 Å². The predicted octanol–water partition coefficient (Wildman–Crippen LogP) is 3.29. The van der Waals surface area contributed by atoms with Gasteiger partial charge in [-0.1, -0.05) is 29.8 Å². The van der Waals surface area contributed by atoms with Crippen molar-refractivity contribution in [2.24, 2.45) is 0 Å². The molecule has 102 valence electrons. The molecule has 0 saturated heterocycles. The van der Waals surface area contributed by atoms with Crippen molar-refractivity contribution in [3.63, 3.8) is 0 Å². The first-order valence-corrected chi connectivity index (χ1v) is 6.75. The summed E-state index contributed by atoms with van der Waals surface area (Å²) >= 11 is 3.31. The van der Waals surface area contributed by atoms with Gasteiger partial charge in [-0.05, 0) is 23.8 Å². The highest BCUT2D eigenvalue weighted by molar-refractivity contribution is 9.10. The molecular weight excluding hydrogens is 311 g/mol. The average Bonchev–Trinajstić information content (AvgIpc) is 2.36. The normalized spacial score (nSPS) is 10.9. The maximum absolute atomic E-state index is 13.8. The lowest BCUT2D eigenvalue weighted by Crippen LogP contribution is -2.37. The quantitative estimate of drug-likeness (QED) is 0.902. The second-order valence-corrected chi connectivity index (χ2v) is 5.86. The van der Waals surface area contributed by atoms with Crippen LogP contribution in [0.3, 0.4) is 0 Å². The summed E-state index contributed by atoms with van der Waals surface area (Å²) < 4.78 is 14.6. The van der Waals surface area contributed by atoms with Gasteiger partial charge in [0.15, 0.2) is 0 Å². The lowest BCUT2D eigenvalue weighted by molar-refractivity contribution is -0.121. The summed E-state index contributed by atoms with van der Waals surface area (Å²) in [6, 6.07) is 6.68. The highest BCUT2D eigenvalue weighted by Gasteiger charge is 2.25. The maximum Gasteiger partial charge on any atom is 0.221 e. The summed E-state index contributed by atoms with van der Waals surface area (Å²) in [4.78, 5) is 11.5. The van der Waals surface area contributed by atoms with Crippen molar-refractivity contribution in [1.29, 1.82) is 5.26 Å². The number of nitriles is 1. The summed E-state index contributed by atoms with van der Waals surface area (Å²) in [6.45, 7) is 4.05. The number of amides is 1. The highest BCUT2D eigenvalue weighted by atomic mass is 79.9. The molecule has 0 aliphatic rings. The Morgan fingerprint density at radius 3 is 2.84 bits per heavy atom. The zero-order valence-corrected chi connectivity index (χ0v) is 12.6.